The van der Waals surface area contributed by atoms with Crippen LogP contribution in [-0.2, 0) is 16.1 Å². The summed E-state index contributed by atoms with van der Waals surface area (Å²) in [6, 6.07) is 9.93. The maximum atomic E-state index is 10.6. The van der Waals surface area contributed by atoms with Crippen LogP contribution in [0.2, 0.25) is 0 Å². The number of hydrogen-bond donors (Lipinski definition) is 3. The van der Waals surface area contributed by atoms with Gasteiger partial charge in [-0.25, -0.2) is 19.3 Å². The second-order valence-electron chi connectivity index (χ2n) is 6.03. The van der Waals surface area contributed by atoms with E-state index in [2.05, 4.69) is 31.5 Å². The van der Waals surface area contributed by atoms with E-state index in [1.165, 1.54) is 4.88 Å². The molecule has 34 heavy (non-hydrogen) atoms. The highest BCUT2D eigenvalue weighted by atomic mass is 32.1. The van der Waals surface area contributed by atoms with Crippen LogP contribution in [0.5, 0.6) is 0 Å². The highest BCUT2D eigenvalue weighted by molar-refractivity contribution is 7.09. The van der Waals surface area contributed by atoms with Crippen molar-refractivity contribution < 1.29 is 46.1 Å². The summed E-state index contributed by atoms with van der Waals surface area (Å²) >= 11 is 1.72. The minimum absolute atomic E-state index is 0.744. The fraction of sp³-hybridized carbons (Fsp3) is 0.167. The van der Waals surface area contributed by atoms with E-state index in [4.69, 9.17) is 19.8 Å². The van der Waals surface area contributed by atoms with Crippen LogP contribution >= 0.6 is 11.3 Å². The molecule has 0 amide bonds. The molecule has 9 nitrogen and oxygen atoms in total. The molecule has 16 heteroatoms. The molecule has 182 valence electrons. The molecule has 4 aromatic rings. The number of carboxylic acids is 2. The Kier molecular flexibility index (Phi) is 8.34. The summed E-state index contributed by atoms with van der Waals surface area (Å²) in [6.07, 6.45) is -6.59. The Hall–Kier alpha value is -3.95. The summed E-state index contributed by atoms with van der Waals surface area (Å²) in [4.78, 5) is 31.2. The normalized spacial score (nSPS) is 11.2. The summed E-state index contributed by atoms with van der Waals surface area (Å²) in [6.45, 7) is 0.744. The molecule has 4 aromatic heterocycles. The molecule has 0 fully saturated rings. The van der Waals surface area contributed by atoms with Gasteiger partial charge in [0.2, 0.25) is 0 Å². The average molecular weight is 509 g/mol. The van der Waals surface area contributed by atoms with Crippen molar-refractivity contribution in [3.63, 3.8) is 0 Å². The van der Waals surface area contributed by atoms with Gasteiger partial charge in [0.05, 0.1) is 12.7 Å². The number of rotatable bonds is 3. The third-order valence-corrected chi connectivity index (χ3v) is 4.42. The molecule has 0 bridgehead atoms. The molecule has 0 unspecified atom stereocenters. The standard InChI is InChI=1S/C14H11N5S.2C2HF3O2/c1-2-6-15-11(5-1)13-17-12-8-16-19(14(12)18-13)9-10-4-3-7-20-10;2*3-2(4,5)1(6)7/h1-8H,9H2,(H,17,18);2*(H,6,7). The number of imidazole rings is 1. The average Bonchev–Trinajstić information content (AvgIpc) is 3.47. The lowest BCUT2D eigenvalue weighted by Crippen LogP contribution is -2.21. The number of H-pyrrole nitrogens is 1. The third kappa shape index (κ3) is 7.58. The van der Waals surface area contributed by atoms with E-state index < -0.39 is 24.3 Å². The number of nitrogens with one attached hydrogen (secondary N) is 1. The Morgan fingerprint density at radius 1 is 1.00 bits per heavy atom. The van der Waals surface area contributed by atoms with Gasteiger partial charge >= 0.3 is 24.3 Å². The smallest absolute Gasteiger partial charge is 0.475 e. The largest absolute Gasteiger partial charge is 0.490 e. The predicted octanol–water partition coefficient (Wildman–Crippen LogP) is 4.20. The van der Waals surface area contributed by atoms with E-state index in [-0.39, 0.29) is 0 Å². The number of aromatic amines is 1. The molecule has 0 saturated carbocycles. The van der Waals surface area contributed by atoms with Crippen molar-refractivity contribution in [2.24, 2.45) is 0 Å². The SMILES string of the molecule is O=C(O)C(F)(F)F.O=C(O)C(F)(F)F.c1ccc(-c2nc3c(cnn3Cc3cccs3)[nH]2)nc1. The van der Waals surface area contributed by atoms with Gasteiger partial charge in [-0.3, -0.25) is 4.98 Å². The van der Waals surface area contributed by atoms with Crippen LogP contribution in [0.4, 0.5) is 26.3 Å². The van der Waals surface area contributed by atoms with Gasteiger partial charge in [-0.05, 0) is 23.6 Å². The van der Waals surface area contributed by atoms with Crippen LogP contribution < -0.4 is 0 Å². The maximum Gasteiger partial charge on any atom is 0.490 e. The first-order chi connectivity index (χ1) is 15.8. The summed E-state index contributed by atoms with van der Waals surface area (Å²) in [7, 11) is 0. The monoisotopic (exact) mass is 509 g/mol. The molecular formula is C18H13F6N5O4S. The van der Waals surface area contributed by atoms with E-state index in [1.54, 1.807) is 17.5 Å². The molecule has 0 atom stereocenters. The number of hydrogen-bond acceptors (Lipinski definition) is 6. The van der Waals surface area contributed by atoms with Crippen LogP contribution in [0.3, 0.4) is 0 Å². The van der Waals surface area contributed by atoms with E-state index in [0.29, 0.717) is 0 Å². The fourth-order valence-electron chi connectivity index (χ4n) is 2.14. The topological polar surface area (TPSA) is 134 Å². The summed E-state index contributed by atoms with van der Waals surface area (Å²) in [5, 5.41) is 20.7. The van der Waals surface area contributed by atoms with Gasteiger partial charge in [-0.2, -0.15) is 31.4 Å². The van der Waals surface area contributed by atoms with Crippen molar-refractivity contribution >= 4 is 34.4 Å². The Labute approximate surface area is 189 Å². The third-order valence-electron chi connectivity index (χ3n) is 3.56. The summed E-state index contributed by atoms with van der Waals surface area (Å²) in [5.74, 6) is -4.74. The maximum absolute atomic E-state index is 10.6. The molecular weight excluding hydrogens is 496 g/mol. The van der Waals surface area contributed by atoms with E-state index >= 15 is 0 Å². The van der Waals surface area contributed by atoms with Gasteiger partial charge in [0.1, 0.15) is 11.2 Å². The van der Waals surface area contributed by atoms with Crippen molar-refractivity contribution in [3.8, 4) is 11.5 Å². The second-order valence-corrected chi connectivity index (χ2v) is 7.06. The van der Waals surface area contributed by atoms with E-state index in [9.17, 15) is 26.3 Å². The van der Waals surface area contributed by atoms with Crippen molar-refractivity contribution in [1.82, 2.24) is 24.7 Å². The molecule has 4 heterocycles. The highest BCUT2D eigenvalue weighted by Crippen LogP contribution is 2.20. The molecule has 0 aliphatic heterocycles. The predicted molar refractivity (Wildman–Crippen MR) is 106 cm³/mol. The van der Waals surface area contributed by atoms with Crippen LogP contribution in [0.1, 0.15) is 4.88 Å². The summed E-state index contributed by atoms with van der Waals surface area (Å²) in [5.41, 5.74) is 2.63. The van der Waals surface area contributed by atoms with E-state index in [1.807, 2.05) is 35.1 Å². The zero-order valence-corrected chi connectivity index (χ0v) is 17.3. The van der Waals surface area contributed by atoms with Crippen LogP contribution in [0.25, 0.3) is 22.7 Å². The molecule has 0 aliphatic rings. The Bertz CT molecular complexity index is 1200. The van der Waals surface area contributed by atoms with Gasteiger partial charge in [0.25, 0.3) is 0 Å². The van der Waals surface area contributed by atoms with Crippen molar-refractivity contribution in [3.05, 3.63) is 53.0 Å². The number of aliphatic carboxylic acids is 2. The quantitative estimate of drug-likeness (QED) is 0.353. The highest BCUT2D eigenvalue weighted by Gasteiger charge is 2.38. The number of aromatic nitrogens is 5. The fourth-order valence-corrected chi connectivity index (χ4v) is 2.82. The van der Waals surface area contributed by atoms with Crippen LogP contribution in [-0.4, -0.2) is 59.2 Å². The van der Waals surface area contributed by atoms with Gasteiger partial charge in [-0.15, -0.1) is 11.3 Å². The summed E-state index contributed by atoms with van der Waals surface area (Å²) < 4.78 is 65.4. The molecule has 0 aromatic carbocycles. The van der Waals surface area contributed by atoms with Crippen molar-refractivity contribution in [2.45, 2.75) is 18.9 Å². The lowest BCUT2D eigenvalue weighted by Gasteiger charge is -1.98. The molecule has 3 N–H and O–H groups in total. The first-order valence-electron chi connectivity index (χ1n) is 8.74. The zero-order valence-electron chi connectivity index (χ0n) is 16.5. The Balaban J connectivity index is 0.000000244. The van der Waals surface area contributed by atoms with Gasteiger partial charge < -0.3 is 15.2 Å². The number of carboxylic acid groups (broad SMARTS) is 2. The van der Waals surface area contributed by atoms with Gasteiger partial charge in [0, 0.05) is 11.1 Å². The molecule has 0 saturated heterocycles. The minimum atomic E-state index is -5.08. The van der Waals surface area contributed by atoms with Crippen LogP contribution in [0, 0.1) is 0 Å². The number of fused-ring (bicyclic) bond motifs is 1. The molecule has 0 radical (unpaired) electrons. The van der Waals surface area contributed by atoms with Crippen molar-refractivity contribution in [2.75, 3.05) is 0 Å². The number of thiophene rings is 1. The molecule has 4 rings (SSSR count). The first kappa shape index (κ1) is 26.3. The van der Waals surface area contributed by atoms with Gasteiger partial charge in [0.15, 0.2) is 11.5 Å². The zero-order chi connectivity index (χ0) is 25.5. The molecule has 0 aliphatic carbocycles. The van der Waals surface area contributed by atoms with E-state index in [0.717, 1.165) is 29.2 Å². The number of carbonyl (C=O) groups is 2. The lowest BCUT2D eigenvalue weighted by molar-refractivity contribution is -0.193. The van der Waals surface area contributed by atoms with Crippen molar-refractivity contribution in [1.29, 1.82) is 0 Å². The first-order valence-corrected chi connectivity index (χ1v) is 9.62. The van der Waals surface area contributed by atoms with Gasteiger partial charge in [-0.1, -0.05) is 12.1 Å². The minimum Gasteiger partial charge on any atom is -0.475 e. The number of pyridine rings is 1. The molecule has 0 spiro atoms. The number of alkyl halides is 6. The Morgan fingerprint density at radius 3 is 2.09 bits per heavy atom. The lowest BCUT2D eigenvalue weighted by atomic mass is 10.3. The van der Waals surface area contributed by atoms with Crippen LogP contribution in [0.15, 0.2) is 48.1 Å². The Morgan fingerprint density at radius 2 is 1.62 bits per heavy atom. The number of nitrogens with zero attached hydrogens (tertiary/aromatic N) is 4. The second kappa shape index (κ2) is 10.8. The number of halogens is 6.